The van der Waals surface area contributed by atoms with E-state index in [-0.39, 0.29) is 30.5 Å². The summed E-state index contributed by atoms with van der Waals surface area (Å²) in [5, 5.41) is 13.5. The molecule has 0 aliphatic carbocycles. The molecule has 0 saturated heterocycles. The van der Waals surface area contributed by atoms with Crippen LogP contribution in [0.25, 0.3) is 10.9 Å². The second-order valence-corrected chi connectivity index (χ2v) is 6.71. The Bertz CT molecular complexity index is 611. The van der Waals surface area contributed by atoms with Gasteiger partial charge in [0.2, 0.25) is 5.91 Å². The number of hydrogen-bond donors (Lipinski definition) is 2. The van der Waals surface area contributed by atoms with E-state index in [2.05, 4.69) is 26.1 Å². The number of aliphatic hydroxyl groups is 1. The molecule has 0 bridgehead atoms. The minimum atomic E-state index is -0.195. The fourth-order valence-corrected chi connectivity index (χ4v) is 2.61. The Hall–Kier alpha value is -1.81. The first kappa shape index (κ1) is 15.6. The maximum atomic E-state index is 12.2. The number of amides is 1. The average Bonchev–Trinajstić information content (AvgIpc) is 2.80. The lowest BCUT2D eigenvalue weighted by Crippen LogP contribution is -2.41. The highest BCUT2D eigenvalue weighted by Gasteiger charge is 2.20. The minimum Gasteiger partial charge on any atom is -0.394 e. The summed E-state index contributed by atoms with van der Waals surface area (Å²) in [7, 11) is 0. The second kappa shape index (κ2) is 6.31. The predicted octanol–water partition coefficient (Wildman–Crippen LogP) is 2.55. The van der Waals surface area contributed by atoms with Crippen LogP contribution < -0.4 is 5.32 Å². The van der Waals surface area contributed by atoms with E-state index >= 15 is 0 Å². The Kier molecular flexibility index (Phi) is 4.68. The maximum Gasteiger partial charge on any atom is 0.240 e. The van der Waals surface area contributed by atoms with Crippen LogP contribution in [-0.4, -0.2) is 28.2 Å². The van der Waals surface area contributed by atoms with Gasteiger partial charge in [-0.3, -0.25) is 4.79 Å². The topological polar surface area (TPSA) is 54.3 Å². The molecular weight excluding hydrogens is 264 g/mol. The van der Waals surface area contributed by atoms with Crippen LogP contribution in [0.4, 0.5) is 0 Å². The lowest BCUT2D eigenvalue weighted by atomic mass is 9.88. The smallest absolute Gasteiger partial charge is 0.240 e. The van der Waals surface area contributed by atoms with E-state index in [1.165, 1.54) is 0 Å². The molecule has 1 aromatic heterocycles. The monoisotopic (exact) mass is 288 g/mol. The number of aliphatic hydroxyl groups excluding tert-OH is 1. The lowest BCUT2D eigenvalue weighted by Gasteiger charge is -2.25. The van der Waals surface area contributed by atoms with Gasteiger partial charge in [0.15, 0.2) is 0 Å². The van der Waals surface area contributed by atoms with Crippen molar-refractivity contribution in [1.29, 1.82) is 0 Å². The van der Waals surface area contributed by atoms with Crippen LogP contribution in [0.1, 0.15) is 27.2 Å². The van der Waals surface area contributed by atoms with Crippen LogP contribution in [0.2, 0.25) is 0 Å². The zero-order chi connectivity index (χ0) is 15.5. The van der Waals surface area contributed by atoms with Crippen molar-refractivity contribution in [3.63, 3.8) is 0 Å². The number of para-hydroxylation sites is 1. The maximum absolute atomic E-state index is 12.2. The summed E-state index contributed by atoms with van der Waals surface area (Å²) in [6, 6.07) is 9.78. The van der Waals surface area contributed by atoms with Gasteiger partial charge < -0.3 is 15.0 Å². The molecule has 4 nitrogen and oxygen atoms in total. The molecule has 21 heavy (non-hydrogen) atoms. The van der Waals surface area contributed by atoms with Crippen molar-refractivity contribution in [2.75, 3.05) is 6.61 Å². The second-order valence-electron chi connectivity index (χ2n) is 6.71. The minimum absolute atomic E-state index is 0.0323. The zero-order valence-electron chi connectivity index (χ0n) is 13.0. The molecule has 2 N–H and O–H groups in total. The van der Waals surface area contributed by atoms with Crippen molar-refractivity contribution < 1.29 is 9.90 Å². The highest BCUT2D eigenvalue weighted by molar-refractivity contribution is 5.83. The SMILES string of the molecule is CC(C)(C)CC(CO)NC(=O)Cn1ccc2ccccc21. The fraction of sp³-hybridized carbons (Fsp3) is 0.471. The summed E-state index contributed by atoms with van der Waals surface area (Å²) in [5.74, 6) is -0.0698. The third-order valence-electron chi connectivity index (χ3n) is 3.44. The summed E-state index contributed by atoms with van der Waals surface area (Å²) in [6.07, 6.45) is 2.67. The van der Waals surface area contributed by atoms with E-state index in [9.17, 15) is 9.90 Å². The van der Waals surface area contributed by atoms with Crippen LogP contribution >= 0.6 is 0 Å². The van der Waals surface area contributed by atoms with Gasteiger partial charge in [-0.15, -0.1) is 0 Å². The van der Waals surface area contributed by atoms with Gasteiger partial charge in [0.25, 0.3) is 0 Å². The van der Waals surface area contributed by atoms with E-state index in [4.69, 9.17) is 0 Å². The molecular formula is C17H24N2O2. The molecule has 0 aliphatic heterocycles. The molecule has 1 atom stereocenters. The van der Waals surface area contributed by atoms with Gasteiger partial charge in [-0.2, -0.15) is 0 Å². The predicted molar refractivity (Wildman–Crippen MR) is 85.0 cm³/mol. The van der Waals surface area contributed by atoms with Crippen molar-refractivity contribution in [2.24, 2.45) is 5.41 Å². The first-order valence-corrected chi connectivity index (χ1v) is 7.33. The quantitative estimate of drug-likeness (QED) is 0.888. The van der Waals surface area contributed by atoms with E-state index < -0.39 is 0 Å². The van der Waals surface area contributed by atoms with Gasteiger partial charge in [0.05, 0.1) is 12.6 Å². The molecule has 0 saturated carbocycles. The summed E-state index contributed by atoms with van der Waals surface area (Å²) < 4.78 is 1.93. The van der Waals surface area contributed by atoms with Gasteiger partial charge in [0, 0.05) is 11.7 Å². The van der Waals surface area contributed by atoms with Crippen molar-refractivity contribution >= 4 is 16.8 Å². The summed E-state index contributed by atoms with van der Waals surface area (Å²) in [5.41, 5.74) is 1.12. The molecule has 0 aliphatic rings. The number of fused-ring (bicyclic) bond motifs is 1. The number of rotatable bonds is 5. The Morgan fingerprint density at radius 3 is 2.67 bits per heavy atom. The first-order valence-electron chi connectivity index (χ1n) is 7.33. The van der Waals surface area contributed by atoms with E-state index in [1.54, 1.807) is 0 Å². The standard InChI is InChI=1S/C17H24N2O2/c1-17(2,3)10-14(12-20)18-16(21)11-19-9-8-13-6-4-5-7-15(13)19/h4-9,14,20H,10-12H2,1-3H3,(H,18,21). The molecule has 0 radical (unpaired) electrons. The first-order chi connectivity index (χ1) is 9.89. The normalized spacial score (nSPS) is 13.3. The Morgan fingerprint density at radius 1 is 1.29 bits per heavy atom. The molecule has 1 amide bonds. The highest BCUT2D eigenvalue weighted by atomic mass is 16.3. The van der Waals surface area contributed by atoms with Crippen molar-refractivity contribution in [3.8, 4) is 0 Å². The van der Waals surface area contributed by atoms with Crippen LogP contribution in [0, 0.1) is 5.41 Å². The van der Waals surface area contributed by atoms with Crippen LogP contribution in [-0.2, 0) is 11.3 Å². The lowest BCUT2D eigenvalue weighted by molar-refractivity contribution is -0.122. The van der Waals surface area contributed by atoms with Crippen LogP contribution in [0.5, 0.6) is 0 Å². The third kappa shape index (κ3) is 4.33. The van der Waals surface area contributed by atoms with Crippen molar-refractivity contribution in [2.45, 2.75) is 39.8 Å². The van der Waals surface area contributed by atoms with Crippen LogP contribution in [0.15, 0.2) is 36.5 Å². The molecule has 1 unspecified atom stereocenters. The number of carbonyl (C=O) groups excluding carboxylic acids is 1. The molecule has 114 valence electrons. The Balaban J connectivity index is 2.01. The summed E-state index contributed by atoms with van der Waals surface area (Å²) >= 11 is 0. The molecule has 2 aromatic rings. The molecule has 0 fully saturated rings. The highest BCUT2D eigenvalue weighted by Crippen LogP contribution is 2.20. The van der Waals surface area contributed by atoms with Crippen molar-refractivity contribution in [3.05, 3.63) is 36.5 Å². The summed E-state index contributed by atoms with van der Waals surface area (Å²) in [6.45, 7) is 6.54. The Morgan fingerprint density at radius 2 is 2.00 bits per heavy atom. The van der Waals surface area contributed by atoms with E-state index in [1.807, 2.05) is 41.1 Å². The van der Waals surface area contributed by atoms with Crippen molar-refractivity contribution in [1.82, 2.24) is 9.88 Å². The zero-order valence-corrected chi connectivity index (χ0v) is 13.0. The largest absolute Gasteiger partial charge is 0.394 e. The molecule has 0 spiro atoms. The van der Waals surface area contributed by atoms with E-state index in [0.29, 0.717) is 0 Å². The fourth-order valence-electron chi connectivity index (χ4n) is 2.61. The molecule has 4 heteroatoms. The summed E-state index contributed by atoms with van der Waals surface area (Å²) in [4.78, 5) is 12.2. The number of nitrogens with zero attached hydrogens (tertiary/aromatic N) is 1. The van der Waals surface area contributed by atoms with Gasteiger partial charge in [-0.05, 0) is 29.4 Å². The average molecular weight is 288 g/mol. The number of benzene rings is 1. The number of hydrogen-bond acceptors (Lipinski definition) is 2. The van der Waals surface area contributed by atoms with Gasteiger partial charge in [-0.25, -0.2) is 0 Å². The van der Waals surface area contributed by atoms with Crippen LogP contribution in [0.3, 0.4) is 0 Å². The van der Waals surface area contributed by atoms with E-state index in [0.717, 1.165) is 17.3 Å². The molecule has 1 aromatic carbocycles. The third-order valence-corrected chi connectivity index (χ3v) is 3.44. The number of aromatic nitrogens is 1. The number of nitrogens with one attached hydrogen (secondary N) is 1. The van der Waals surface area contributed by atoms with Gasteiger partial charge >= 0.3 is 0 Å². The Labute approximate surface area is 125 Å². The molecule has 1 heterocycles. The number of carbonyl (C=O) groups is 1. The van der Waals surface area contributed by atoms with Gasteiger partial charge in [-0.1, -0.05) is 39.0 Å². The molecule has 2 rings (SSSR count). The van der Waals surface area contributed by atoms with Gasteiger partial charge in [0.1, 0.15) is 6.54 Å².